The molecule has 2 heterocycles. The number of nitrogens with zero attached hydrogens (tertiary/aromatic N) is 3. The number of pyridine rings is 1. The van der Waals surface area contributed by atoms with Gasteiger partial charge in [-0.15, -0.1) is 0 Å². The number of imidazole rings is 1. The average Bonchev–Trinajstić information content (AvgIpc) is 2.92. The van der Waals surface area contributed by atoms with Gasteiger partial charge in [0.1, 0.15) is 5.82 Å². The van der Waals surface area contributed by atoms with Gasteiger partial charge in [0, 0.05) is 18.0 Å². The normalized spacial score (nSPS) is 11.9. The molecule has 5 heteroatoms. The lowest BCUT2D eigenvalue weighted by atomic mass is 9.99. The summed E-state index contributed by atoms with van der Waals surface area (Å²) in [6.07, 6.45) is 3.06. The van der Waals surface area contributed by atoms with Crippen LogP contribution in [-0.2, 0) is 0 Å². The number of carbonyl (C=O) groups excluding carboxylic acids is 1. The summed E-state index contributed by atoms with van der Waals surface area (Å²) < 4.78 is 0. The highest BCUT2D eigenvalue weighted by atomic mass is 16.1. The zero-order valence-electron chi connectivity index (χ0n) is 10.4. The first-order valence-electron chi connectivity index (χ1n) is 6.08. The van der Waals surface area contributed by atoms with E-state index >= 15 is 0 Å². The summed E-state index contributed by atoms with van der Waals surface area (Å²) in [7, 11) is 0. The maximum atomic E-state index is 12.3. The molecule has 1 unspecified atom stereocenters. The molecule has 20 heavy (non-hydrogen) atoms. The highest BCUT2D eigenvalue weighted by Gasteiger charge is 2.24. The molecule has 5 nitrogen and oxygen atoms in total. The Hall–Kier alpha value is -3.00. The van der Waals surface area contributed by atoms with Crippen LogP contribution in [0.15, 0.2) is 48.8 Å². The van der Waals surface area contributed by atoms with Gasteiger partial charge in [0.05, 0.1) is 17.1 Å². The molecular weight excluding hydrogens is 252 g/mol. The molecule has 1 atom stereocenters. The van der Waals surface area contributed by atoms with Crippen molar-refractivity contribution in [3.05, 3.63) is 60.2 Å². The average molecular weight is 262 g/mol. The molecule has 0 aliphatic carbocycles. The van der Waals surface area contributed by atoms with Crippen LogP contribution < -0.4 is 0 Å². The van der Waals surface area contributed by atoms with E-state index in [1.807, 2.05) is 30.3 Å². The van der Waals surface area contributed by atoms with Gasteiger partial charge in [-0.1, -0.05) is 12.1 Å². The van der Waals surface area contributed by atoms with Crippen molar-refractivity contribution < 1.29 is 4.79 Å². The number of benzene rings is 1. The molecule has 3 rings (SSSR count). The lowest BCUT2D eigenvalue weighted by Gasteiger charge is -2.04. The van der Waals surface area contributed by atoms with Crippen molar-refractivity contribution in [2.75, 3.05) is 0 Å². The van der Waals surface area contributed by atoms with Gasteiger partial charge in [-0.2, -0.15) is 5.26 Å². The van der Waals surface area contributed by atoms with E-state index in [1.165, 1.54) is 12.4 Å². The third-order valence-corrected chi connectivity index (χ3v) is 3.04. The number of H-pyrrole nitrogens is 1. The molecule has 3 aromatic rings. The molecule has 96 valence electrons. The first kappa shape index (κ1) is 12.1. The van der Waals surface area contributed by atoms with E-state index < -0.39 is 5.92 Å². The fourth-order valence-corrected chi connectivity index (χ4v) is 2.04. The van der Waals surface area contributed by atoms with Crippen molar-refractivity contribution in [3.8, 4) is 6.07 Å². The van der Waals surface area contributed by atoms with Crippen molar-refractivity contribution >= 4 is 16.8 Å². The van der Waals surface area contributed by atoms with E-state index in [4.69, 9.17) is 0 Å². The maximum absolute atomic E-state index is 12.3. The van der Waals surface area contributed by atoms with E-state index in [0.29, 0.717) is 11.4 Å². The van der Waals surface area contributed by atoms with Gasteiger partial charge in [0.25, 0.3) is 0 Å². The molecule has 0 fully saturated rings. The van der Waals surface area contributed by atoms with Gasteiger partial charge in [-0.25, -0.2) is 4.98 Å². The van der Waals surface area contributed by atoms with Crippen LogP contribution >= 0.6 is 0 Å². The van der Waals surface area contributed by atoms with E-state index in [-0.39, 0.29) is 5.78 Å². The Kier molecular flexibility index (Phi) is 2.98. The maximum Gasteiger partial charge on any atom is 0.187 e. The molecule has 1 N–H and O–H groups in total. The van der Waals surface area contributed by atoms with Gasteiger partial charge < -0.3 is 4.98 Å². The number of carbonyl (C=O) groups is 1. The number of fused-ring (bicyclic) bond motifs is 1. The number of Topliss-reactive ketones (excluding diaryl/α,β-unsaturated/α-hetero) is 1. The molecule has 0 radical (unpaired) electrons. The van der Waals surface area contributed by atoms with Crippen LogP contribution in [0.3, 0.4) is 0 Å². The summed E-state index contributed by atoms with van der Waals surface area (Å²) in [4.78, 5) is 23.5. The highest BCUT2D eigenvalue weighted by Crippen LogP contribution is 2.20. The number of hydrogen-bond donors (Lipinski definition) is 1. The molecule has 0 aliphatic rings. The Balaban J connectivity index is 2.02. The minimum atomic E-state index is -0.940. The number of aromatic amines is 1. The minimum absolute atomic E-state index is 0.283. The third kappa shape index (κ3) is 2.04. The lowest BCUT2D eigenvalue weighted by Crippen LogP contribution is -2.12. The third-order valence-electron chi connectivity index (χ3n) is 3.04. The van der Waals surface area contributed by atoms with Gasteiger partial charge in [0.15, 0.2) is 11.7 Å². The number of aromatic nitrogens is 3. The Morgan fingerprint density at radius 3 is 2.65 bits per heavy atom. The SMILES string of the molecule is N#CC(C(=O)c1ccncc1)c1nc2ccccc2[nH]1. The van der Waals surface area contributed by atoms with Crippen LogP contribution in [0, 0.1) is 11.3 Å². The van der Waals surface area contributed by atoms with Crippen LogP contribution in [-0.4, -0.2) is 20.7 Å². The van der Waals surface area contributed by atoms with Crippen LogP contribution in [0.2, 0.25) is 0 Å². The van der Waals surface area contributed by atoms with Crippen LogP contribution in [0.5, 0.6) is 0 Å². The highest BCUT2D eigenvalue weighted by molar-refractivity contribution is 6.02. The number of ketones is 1. The van der Waals surface area contributed by atoms with Gasteiger partial charge in [0.2, 0.25) is 0 Å². The lowest BCUT2D eigenvalue weighted by molar-refractivity contribution is 0.0976. The fourth-order valence-electron chi connectivity index (χ4n) is 2.04. The second-order valence-corrected chi connectivity index (χ2v) is 4.30. The Labute approximate surface area is 114 Å². The number of rotatable bonds is 3. The molecule has 0 amide bonds. The van der Waals surface area contributed by atoms with Crippen LogP contribution in [0.4, 0.5) is 0 Å². The number of para-hydroxylation sites is 2. The monoisotopic (exact) mass is 262 g/mol. The number of hydrogen-bond acceptors (Lipinski definition) is 4. The van der Waals surface area contributed by atoms with Crippen molar-refractivity contribution in [2.24, 2.45) is 0 Å². The topological polar surface area (TPSA) is 82.4 Å². The smallest absolute Gasteiger partial charge is 0.187 e. The molecule has 0 saturated heterocycles. The standard InChI is InChI=1S/C15H10N4O/c16-9-11(14(20)10-5-7-17-8-6-10)15-18-12-3-1-2-4-13(12)19-15/h1-8,11H,(H,18,19). The van der Waals surface area contributed by atoms with Crippen molar-refractivity contribution in [3.63, 3.8) is 0 Å². The van der Waals surface area contributed by atoms with Crippen molar-refractivity contribution in [2.45, 2.75) is 5.92 Å². The van der Waals surface area contributed by atoms with Gasteiger partial charge in [-0.3, -0.25) is 9.78 Å². The quantitative estimate of drug-likeness (QED) is 0.735. The molecule has 0 aliphatic heterocycles. The Morgan fingerprint density at radius 1 is 1.20 bits per heavy atom. The van der Waals surface area contributed by atoms with Crippen LogP contribution in [0.1, 0.15) is 22.1 Å². The molecule has 1 aromatic carbocycles. The van der Waals surface area contributed by atoms with E-state index in [2.05, 4.69) is 15.0 Å². The summed E-state index contributed by atoms with van der Waals surface area (Å²) in [5.41, 5.74) is 2.00. The predicted molar refractivity (Wildman–Crippen MR) is 73.0 cm³/mol. The molecule has 0 saturated carbocycles. The molecule has 2 aromatic heterocycles. The predicted octanol–water partition coefficient (Wildman–Crippen LogP) is 2.45. The zero-order valence-corrected chi connectivity index (χ0v) is 10.4. The largest absolute Gasteiger partial charge is 0.340 e. The minimum Gasteiger partial charge on any atom is -0.340 e. The zero-order chi connectivity index (χ0) is 13.9. The van der Waals surface area contributed by atoms with E-state index in [9.17, 15) is 10.1 Å². The fraction of sp³-hybridized carbons (Fsp3) is 0.0667. The molecular formula is C15H10N4O. The summed E-state index contributed by atoms with van der Waals surface area (Å²) in [5.74, 6) is -0.853. The van der Waals surface area contributed by atoms with Crippen LogP contribution in [0.25, 0.3) is 11.0 Å². The van der Waals surface area contributed by atoms with E-state index in [1.54, 1.807) is 12.1 Å². The van der Waals surface area contributed by atoms with Gasteiger partial charge in [-0.05, 0) is 24.3 Å². The van der Waals surface area contributed by atoms with Gasteiger partial charge >= 0.3 is 0 Å². The second kappa shape index (κ2) is 4.94. The summed E-state index contributed by atoms with van der Waals surface area (Å²) in [5, 5.41) is 9.29. The van der Waals surface area contributed by atoms with E-state index in [0.717, 1.165) is 11.0 Å². The Morgan fingerprint density at radius 2 is 1.95 bits per heavy atom. The first-order valence-corrected chi connectivity index (χ1v) is 6.08. The summed E-state index contributed by atoms with van der Waals surface area (Å²) >= 11 is 0. The first-order chi connectivity index (χ1) is 9.79. The number of nitriles is 1. The summed E-state index contributed by atoms with van der Waals surface area (Å²) in [6.45, 7) is 0. The van der Waals surface area contributed by atoms with Crippen molar-refractivity contribution in [1.82, 2.24) is 15.0 Å². The Bertz CT molecular complexity index is 768. The second-order valence-electron chi connectivity index (χ2n) is 4.30. The molecule has 0 spiro atoms. The molecule has 0 bridgehead atoms. The summed E-state index contributed by atoms with van der Waals surface area (Å²) in [6, 6.07) is 12.6. The van der Waals surface area contributed by atoms with Crippen molar-refractivity contribution in [1.29, 1.82) is 5.26 Å². The number of nitrogens with one attached hydrogen (secondary N) is 1.